The number of benzene rings is 2. The van der Waals surface area contributed by atoms with Gasteiger partial charge in [-0.25, -0.2) is 0 Å². The minimum absolute atomic E-state index is 0.150. The molecule has 0 fully saturated rings. The highest BCUT2D eigenvalue weighted by Crippen LogP contribution is 2.31. The minimum atomic E-state index is -0.182. The normalized spacial score (nSPS) is 12.5. The molecule has 0 radical (unpaired) electrons. The molecule has 6 heteroatoms. The fourth-order valence-electron chi connectivity index (χ4n) is 3.12. The van der Waals surface area contributed by atoms with Crippen LogP contribution < -0.4 is 20.1 Å². The third-order valence-corrected chi connectivity index (χ3v) is 4.56. The molecule has 3 rings (SSSR count). The predicted molar refractivity (Wildman–Crippen MR) is 108 cm³/mol. The summed E-state index contributed by atoms with van der Waals surface area (Å²) in [6.07, 6.45) is 0. The average Bonchev–Trinajstić information content (AvgIpc) is 2.72. The maximum Gasteiger partial charge on any atom is 0.194 e. The molecule has 0 aromatic heterocycles. The first-order chi connectivity index (χ1) is 13.7. The first kappa shape index (κ1) is 20.0. The number of ether oxygens (including phenoxy) is 2. The van der Waals surface area contributed by atoms with Gasteiger partial charge in [-0.15, -0.1) is 0 Å². The van der Waals surface area contributed by atoms with Crippen molar-refractivity contribution in [2.45, 2.75) is 13.8 Å². The van der Waals surface area contributed by atoms with Crippen LogP contribution in [-0.2, 0) is 0 Å². The van der Waals surface area contributed by atoms with Gasteiger partial charge in [-0.2, -0.15) is 0 Å². The summed E-state index contributed by atoms with van der Waals surface area (Å²) in [5.74, 6) is 0.834. The zero-order valence-corrected chi connectivity index (χ0v) is 16.3. The molecule has 0 atom stereocenters. The third kappa shape index (κ3) is 4.40. The van der Waals surface area contributed by atoms with Crippen LogP contribution >= 0.6 is 0 Å². The van der Waals surface area contributed by atoms with Gasteiger partial charge in [-0.05, 0) is 49.5 Å². The minimum Gasteiger partial charge on any atom is -0.492 e. The molecule has 1 aliphatic carbocycles. The topological polar surface area (TPSA) is 76.7 Å². The zero-order valence-electron chi connectivity index (χ0n) is 16.3. The summed E-state index contributed by atoms with van der Waals surface area (Å²) in [7, 11) is 0. The molecule has 2 aromatic carbocycles. The van der Waals surface area contributed by atoms with Crippen LogP contribution in [-0.4, -0.2) is 51.0 Å². The lowest BCUT2D eigenvalue weighted by Crippen LogP contribution is -2.23. The molecule has 0 heterocycles. The van der Waals surface area contributed by atoms with Gasteiger partial charge in [0.05, 0.1) is 0 Å². The number of carbonyl (C=O) groups is 2. The largest absolute Gasteiger partial charge is 0.492 e. The molecule has 2 N–H and O–H groups in total. The number of likely N-dealkylation sites (N-methyl/N-ethyl adjacent to an activating group) is 2. The van der Waals surface area contributed by atoms with Crippen LogP contribution in [0, 0.1) is 0 Å². The van der Waals surface area contributed by atoms with Gasteiger partial charge in [-0.1, -0.05) is 13.8 Å². The summed E-state index contributed by atoms with van der Waals surface area (Å²) in [6, 6.07) is 10.1. The molecule has 0 saturated carbocycles. The fourth-order valence-corrected chi connectivity index (χ4v) is 3.12. The second kappa shape index (κ2) is 9.48. The Morgan fingerprint density at radius 3 is 1.54 bits per heavy atom. The second-order valence-electron chi connectivity index (χ2n) is 6.48. The van der Waals surface area contributed by atoms with E-state index in [-0.39, 0.29) is 11.6 Å². The lowest BCUT2D eigenvalue weighted by atomic mass is 9.84. The Labute approximate surface area is 165 Å². The maximum atomic E-state index is 13.0. The SMILES string of the molecule is CCNCCOc1ccc2c(c1)C(=O)c1cc(OCCNCC)ccc1C2=O. The van der Waals surface area contributed by atoms with Crippen LogP contribution in [0.1, 0.15) is 45.7 Å². The quantitative estimate of drug-likeness (QED) is 0.525. The van der Waals surface area contributed by atoms with E-state index in [2.05, 4.69) is 10.6 Å². The van der Waals surface area contributed by atoms with E-state index >= 15 is 0 Å². The van der Waals surface area contributed by atoms with Crippen LogP contribution in [0.3, 0.4) is 0 Å². The van der Waals surface area contributed by atoms with Crippen molar-refractivity contribution in [3.8, 4) is 11.5 Å². The number of hydrogen-bond donors (Lipinski definition) is 2. The molecule has 1 aliphatic rings. The summed E-state index contributed by atoms with van der Waals surface area (Å²) in [6.45, 7) is 8.22. The summed E-state index contributed by atoms with van der Waals surface area (Å²) in [5, 5.41) is 6.35. The summed E-state index contributed by atoms with van der Waals surface area (Å²) >= 11 is 0. The van der Waals surface area contributed by atoms with Crippen molar-refractivity contribution < 1.29 is 19.1 Å². The molecule has 0 saturated heterocycles. The van der Waals surface area contributed by atoms with Crippen molar-refractivity contribution in [3.05, 3.63) is 58.7 Å². The van der Waals surface area contributed by atoms with Crippen molar-refractivity contribution >= 4 is 11.6 Å². The maximum absolute atomic E-state index is 13.0. The van der Waals surface area contributed by atoms with Gasteiger partial charge >= 0.3 is 0 Å². The van der Waals surface area contributed by atoms with E-state index < -0.39 is 0 Å². The number of hydrogen-bond acceptors (Lipinski definition) is 6. The molecule has 6 nitrogen and oxygen atoms in total. The zero-order chi connectivity index (χ0) is 19.9. The number of carbonyl (C=O) groups excluding carboxylic acids is 2. The van der Waals surface area contributed by atoms with Crippen LogP contribution in [0.5, 0.6) is 11.5 Å². The number of nitrogens with one attached hydrogen (secondary N) is 2. The van der Waals surface area contributed by atoms with Crippen molar-refractivity contribution in [2.24, 2.45) is 0 Å². The molecule has 148 valence electrons. The lowest BCUT2D eigenvalue weighted by molar-refractivity contribution is 0.0978. The molecule has 0 aliphatic heterocycles. The average molecular weight is 382 g/mol. The Morgan fingerprint density at radius 1 is 0.679 bits per heavy atom. The fraction of sp³-hybridized carbons (Fsp3) is 0.364. The van der Waals surface area contributed by atoms with Crippen LogP contribution in [0.15, 0.2) is 36.4 Å². The van der Waals surface area contributed by atoms with E-state index in [1.54, 1.807) is 36.4 Å². The van der Waals surface area contributed by atoms with E-state index in [1.807, 2.05) is 13.8 Å². The van der Waals surface area contributed by atoms with E-state index in [0.717, 1.165) is 26.2 Å². The Bertz CT molecular complexity index is 796. The molecule has 2 aromatic rings. The lowest BCUT2D eigenvalue weighted by Gasteiger charge is -2.19. The Hall–Kier alpha value is -2.70. The predicted octanol–water partition coefficient (Wildman–Crippen LogP) is 2.44. The van der Waals surface area contributed by atoms with E-state index in [1.165, 1.54) is 0 Å². The van der Waals surface area contributed by atoms with Crippen molar-refractivity contribution in [2.75, 3.05) is 39.4 Å². The smallest absolute Gasteiger partial charge is 0.194 e. The molecule has 0 bridgehead atoms. The highest BCUT2D eigenvalue weighted by atomic mass is 16.5. The molecular formula is C22H26N2O4. The first-order valence-electron chi connectivity index (χ1n) is 9.70. The van der Waals surface area contributed by atoms with Crippen molar-refractivity contribution in [3.63, 3.8) is 0 Å². The van der Waals surface area contributed by atoms with Crippen LogP contribution in [0.2, 0.25) is 0 Å². The van der Waals surface area contributed by atoms with E-state index in [0.29, 0.717) is 47.0 Å². The van der Waals surface area contributed by atoms with Gasteiger partial charge in [0, 0.05) is 35.3 Å². The third-order valence-electron chi connectivity index (χ3n) is 4.56. The first-order valence-corrected chi connectivity index (χ1v) is 9.70. The van der Waals surface area contributed by atoms with Crippen molar-refractivity contribution in [1.82, 2.24) is 10.6 Å². The highest BCUT2D eigenvalue weighted by Gasteiger charge is 2.30. The van der Waals surface area contributed by atoms with Gasteiger partial charge in [0.2, 0.25) is 0 Å². The monoisotopic (exact) mass is 382 g/mol. The molecule has 28 heavy (non-hydrogen) atoms. The van der Waals surface area contributed by atoms with Gasteiger partial charge in [-0.3, -0.25) is 9.59 Å². The highest BCUT2D eigenvalue weighted by molar-refractivity contribution is 6.28. The van der Waals surface area contributed by atoms with Gasteiger partial charge < -0.3 is 20.1 Å². The van der Waals surface area contributed by atoms with Crippen LogP contribution in [0.25, 0.3) is 0 Å². The van der Waals surface area contributed by atoms with E-state index in [9.17, 15) is 9.59 Å². The number of rotatable bonds is 10. The van der Waals surface area contributed by atoms with Crippen molar-refractivity contribution in [1.29, 1.82) is 0 Å². The van der Waals surface area contributed by atoms with Crippen LogP contribution in [0.4, 0.5) is 0 Å². The Balaban J connectivity index is 1.79. The Morgan fingerprint density at radius 2 is 1.11 bits per heavy atom. The van der Waals surface area contributed by atoms with Gasteiger partial charge in [0.25, 0.3) is 0 Å². The summed E-state index contributed by atoms with van der Waals surface area (Å²) < 4.78 is 11.4. The molecular weight excluding hydrogens is 356 g/mol. The molecule has 0 amide bonds. The second-order valence-corrected chi connectivity index (χ2v) is 6.48. The molecule has 0 unspecified atom stereocenters. The van der Waals surface area contributed by atoms with Gasteiger partial charge in [0.15, 0.2) is 11.6 Å². The standard InChI is InChI=1S/C22H26N2O4/c1-3-23-9-11-27-15-5-7-17-19(13-15)22(26)20-14-16(28-12-10-24-4-2)6-8-18(20)21(17)25/h5-8,13-14,23-24H,3-4,9-12H2,1-2H3. The molecule has 0 spiro atoms. The summed E-state index contributed by atoms with van der Waals surface area (Å²) in [5.41, 5.74) is 1.58. The van der Waals surface area contributed by atoms with Gasteiger partial charge in [0.1, 0.15) is 24.7 Å². The number of fused-ring (bicyclic) bond motifs is 2. The van der Waals surface area contributed by atoms with E-state index in [4.69, 9.17) is 9.47 Å². The number of ketones is 2. The summed E-state index contributed by atoms with van der Waals surface area (Å²) in [4.78, 5) is 25.8. The Kier molecular flexibility index (Phi) is 6.79.